The van der Waals surface area contributed by atoms with E-state index in [0.717, 1.165) is 48.3 Å². The highest BCUT2D eigenvalue weighted by Gasteiger charge is 2.35. The molecule has 1 aromatic heterocycles. The molecule has 1 saturated carbocycles. The standard InChI is InChI=1S/C22H26BrNO2S/c1-14-11-18(16-7-9-24(10-8-16)22(25)17-3-4-17)5-6-20(14)26-12-19-15(2)13-27-21(19)23/h5-6,11,13,16-17H,3-4,7-10,12H2,1-2H3. The molecule has 2 aromatic rings. The zero-order valence-electron chi connectivity index (χ0n) is 16.0. The second-order valence-corrected chi connectivity index (χ2v) is 10.1. The lowest BCUT2D eigenvalue weighted by molar-refractivity contribution is -0.133. The van der Waals surface area contributed by atoms with Crippen LogP contribution in [0.1, 0.15) is 53.9 Å². The van der Waals surface area contributed by atoms with Crippen molar-refractivity contribution < 1.29 is 9.53 Å². The van der Waals surface area contributed by atoms with Gasteiger partial charge in [0.05, 0.1) is 3.79 Å². The molecule has 1 saturated heterocycles. The van der Waals surface area contributed by atoms with E-state index in [1.165, 1.54) is 22.3 Å². The van der Waals surface area contributed by atoms with Crippen LogP contribution in [0.15, 0.2) is 27.4 Å². The van der Waals surface area contributed by atoms with Crippen LogP contribution in [0.2, 0.25) is 0 Å². The summed E-state index contributed by atoms with van der Waals surface area (Å²) in [5.41, 5.74) is 5.07. The Hall–Kier alpha value is -1.33. The molecular weight excluding hydrogens is 422 g/mol. The molecule has 4 rings (SSSR count). The summed E-state index contributed by atoms with van der Waals surface area (Å²) in [4.78, 5) is 14.3. The normalized spacial score (nSPS) is 18.0. The lowest BCUT2D eigenvalue weighted by atomic mass is 9.88. The van der Waals surface area contributed by atoms with Crippen molar-refractivity contribution in [1.29, 1.82) is 0 Å². The molecule has 1 aliphatic carbocycles. The van der Waals surface area contributed by atoms with Crippen LogP contribution in [0.5, 0.6) is 5.75 Å². The first kappa shape index (κ1) is 19.0. The van der Waals surface area contributed by atoms with Crippen molar-refractivity contribution in [3.63, 3.8) is 0 Å². The Balaban J connectivity index is 1.36. The molecule has 0 unspecified atom stereocenters. The number of rotatable bonds is 5. The van der Waals surface area contributed by atoms with Gasteiger partial charge in [-0.2, -0.15) is 0 Å². The molecule has 1 aliphatic heterocycles. The third-order valence-electron chi connectivity index (χ3n) is 5.83. The van der Waals surface area contributed by atoms with Crippen LogP contribution in [0.3, 0.4) is 0 Å². The molecule has 0 spiro atoms. The molecule has 1 amide bonds. The van der Waals surface area contributed by atoms with E-state index in [0.29, 0.717) is 24.3 Å². The molecule has 3 nitrogen and oxygen atoms in total. The van der Waals surface area contributed by atoms with Crippen LogP contribution in [0.4, 0.5) is 0 Å². The van der Waals surface area contributed by atoms with Crippen molar-refractivity contribution in [2.45, 2.75) is 52.1 Å². The fourth-order valence-corrected chi connectivity index (χ4v) is 5.36. The number of aryl methyl sites for hydroxylation is 2. The van der Waals surface area contributed by atoms with Crippen LogP contribution in [-0.4, -0.2) is 23.9 Å². The predicted molar refractivity (Wildman–Crippen MR) is 114 cm³/mol. The summed E-state index contributed by atoms with van der Waals surface area (Å²) in [6, 6.07) is 6.59. The fraction of sp³-hybridized carbons (Fsp3) is 0.500. The van der Waals surface area contributed by atoms with E-state index >= 15 is 0 Å². The van der Waals surface area contributed by atoms with Crippen LogP contribution in [0, 0.1) is 19.8 Å². The highest BCUT2D eigenvalue weighted by atomic mass is 79.9. The molecule has 0 radical (unpaired) electrons. The number of likely N-dealkylation sites (tertiary alicyclic amines) is 1. The van der Waals surface area contributed by atoms with E-state index in [1.807, 2.05) is 0 Å². The number of carbonyl (C=O) groups excluding carboxylic acids is 1. The van der Waals surface area contributed by atoms with E-state index in [9.17, 15) is 4.79 Å². The van der Waals surface area contributed by atoms with Crippen molar-refractivity contribution in [3.05, 3.63) is 49.6 Å². The lowest BCUT2D eigenvalue weighted by Gasteiger charge is -2.32. The molecule has 0 atom stereocenters. The molecule has 0 N–H and O–H groups in total. The van der Waals surface area contributed by atoms with Gasteiger partial charge in [0.25, 0.3) is 0 Å². The first-order valence-corrected chi connectivity index (χ1v) is 11.4. The monoisotopic (exact) mass is 447 g/mol. The van der Waals surface area contributed by atoms with Crippen molar-refractivity contribution in [3.8, 4) is 5.75 Å². The summed E-state index contributed by atoms with van der Waals surface area (Å²) in [6.45, 7) is 6.65. The van der Waals surface area contributed by atoms with Gasteiger partial charge in [0, 0.05) is 24.6 Å². The number of nitrogens with zero attached hydrogens (tertiary/aromatic N) is 1. The number of hydrogen-bond acceptors (Lipinski definition) is 3. The maximum atomic E-state index is 12.2. The summed E-state index contributed by atoms with van der Waals surface area (Å²) in [5.74, 6) is 2.24. The van der Waals surface area contributed by atoms with E-state index < -0.39 is 0 Å². The second-order valence-electron chi connectivity index (χ2n) is 7.86. The quantitative estimate of drug-likeness (QED) is 0.577. The van der Waals surface area contributed by atoms with Gasteiger partial charge in [-0.05, 0) is 89.5 Å². The minimum Gasteiger partial charge on any atom is -0.489 e. The Bertz CT molecular complexity index is 815. The molecule has 0 bridgehead atoms. The summed E-state index contributed by atoms with van der Waals surface area (Å²) >= 11 is 5.32. The average Bonchev–Trinajstić information content (AvgIpc) is 3.47. The molecule has 1 aromatic carbocycles. The van der Waals surface area contributed by atoms with Crippen molar-refractivity contribution in [2.75, 3.05) is 13.1 Å². The number of halogens is 1. The summed E-state index contributed by atoms with van der Waals surface area (Å²) in [6.07, 6.45) is 4.33. The average molecular weight is 448 g/mol. The Morgan fingerprint density at radius 1 is 1.19 bits per heavy atom. The van der Waals surface area contributed by atoms with Gasteiger partial charge in [-0.15, -0.1) is 11.3 Å². The Labute approximate surface area is 173 Å². The van der Waals surface area contributed by atoms with Crippen LogP contribution in [-0.2, 0) is 11.4 Å². The Kier molecular flexibility index (Phi) is 5.60. The van der Waals surface area contributed by atoms with E-state index in [1.54, 1.807) is 11.3 Å². The van der Waals surface area contributed by atoms with Gasteiger partial charge in [0.1, 0.15) is 12.4 Å². The van der Waals surface area contributed by atoms with Gasteiger partial charge in [-0.25, -0.2) is 0 Å². The van der Waals surface area contributed by atoms with Gasteiger partial charge >= 0.3 is 0 Å². The van der Waals surface area contributed by atoms with Crippen LogP contribution < -0.4 is 4.74 Å². The van der Waals surface area contributed by atoms with Crippen LogP contribution >= 0.6 is 27.3 Å². The minimum atomic E-state index is 0.340. The Morgan fingerprint density at radius 3 is 2.52 bits per heavy atom. The SMILES string of the molecule is Cc1cc(C2CCN(C(=O)C3CC3)CC2)ccc1OCc1c(C)csc1Br. The summed E-state index contributed by atoms with van der Waals surface area (Å²) < 4.78 is 7.25. The lowest BCUT2D eigenvalue weighted by Crippen LogP contribution is -2.38. The highest BCUT2D eigenvalue weighted by molar-refractivity contribution is 9.11. The molecule has 2 aliphatic rings. The van der Waals surface area contributed by atoms with Gasteiger partial charge in [0.15, 0.2) is 0 Å². The zero-order chi connectivity index (χ0) is 19.0. The highest BCUT2D eigenvalue weighted by Crippen LogP contribution is 2.36. The minimum absolute atomic E-state index is 0.340. The predicted octanol–water partition coefficient (Wildman–Crippen LogP) is 5.82. The van der Waals surface area contributed by atoms with E-state index in [4.69, 9.17) is 4.74 Å². The topological polar surface area (TPSA) is 29.5 Å². The number of carbonyl (C=O) groups is 1. The van der Waals surface area contributed by atoms with Crippen molar-refractivity contribution in [2.24, 2.45) is 5.92 Å². The van der Waals surface area contributed by atoms with Crippen LogP contribution in [0.25, 0.3) is 0 Å². The summed E-state index contributed by atoms with van der Waals surface area (Å²) in [7, 11) is 0. The molecule has 27 heavy (non-hydrogen) atoms. The number of thiophene rings is 1. The first-order chi connectivity index (χ1) is 13.0. The number of ether oxygens (including phenoxy) is 1. The van der Waals surface area contributed by atoms with Gasteiger partial charge in [-0.3, -0.25) is 4.79 Å². The number of hydrogen-bond donors (Lipinski definition) is 0. The third kappa shape index (κ3) is 4.24. The number of benzene rings is 1. The first-order valence-electron chi connectivity index (χ1n) is 9.77. The maximum absolute atomic E-state index is 12.2. The van der Waals surface area contributed by atoms with E-state index in [-0.39, 0.29) is 0 Å². The molecule has 2 heterocycles. The molecule has 2 fully saturated rings. The third-order valence-corrected chi connectivity index (χ3v) is 7.79. The summed E-state index contributed by atoms with van der Waals surface area (Å²) in [5, 5.41) is 2.15. The maximum Gasteiger partial charge on any atom is 0.225 e. The fourth-order valence-electron chi connectivity index (χ4n) is 3.87. The van der Waals surface area contributed by atoms with E-state index in [2.05, 4.69) is 58.3 Å². The zero-order valence-corrected chi connectivity index (χ0v) is 18.4. The second kappa shape index (κ2) is 7.96. The van der Waals surface area contributed by atoms with Crippen molar-refractivity contribution in [1.82, 2.24) is 4.90 Å². The molecule has 5 heteroatoms. The molecular formula is C22H26BrNO2S. The van der Waals surface area contributed by atoms with Gasteiger partial charge in [0.2, 0.25) is 5.91 Å². The largest absolute Gasteiger partial charge is 0.489 e. The van der Waals surface area contributed by atoms with Gasteiger partial charge < -0.3 is 9.64 Å². The number of piperidine rings is 1. The van der Waals surface area contributed by atoms with Gasteiger partial charge in [-0.1, -0.05) is 12.1 Å². The smallest absolute Gasteiger partial charge is 0.225 e. The molecule has 144 valence electrons. The van der Waals surface area contributed by atoms with Crippen molar-refractivity contribution >= 4 is 33.2 Å². The Morgan fingerprint density at radius 2 is 1.93 bits per heavy atom. The number of amides is 1.